The maximum absolute atomic E-state index is 12.3. The highest BCUT2D eigenvalue weighted by Crippen LogP contribution is 2.32. The normalized spacial score (nSPS) is 12.3. The summed E-state index contributed by atoms with van der Waals surface area (Å²) in [7, 11) is 2.84. The van der Waals surface area contributed by atoms with Crippen LogP contribution in [0, 0.1) is 0 Å². The first-order valence-corrected chi connectivity index (χ1v) is 4.04. The summed E-state index contributed by atoms with van der Waals surface area (Å²) in [5, 5.41) is 9.39. The molecule has 0 bridgehead atoms. The number of pyridine rings is 1. The topological polar surface area (TPSA) is 51.6 Å². The first kappa shape index (κ1) is 10.7. The molecule has 0 aliphatic carbocycles. The molecule has 1 unspecified atom stereocenters. The van der Waals surface area contributed by atoms with Crippen LogP contribution in [0.25, 0.3) is 0 Å². The molecule has 1 rings (SSSR count). The van der Waals surface area contributed by atoms with Gasteiger partial charge in [-0.25, -0.2) is 4.39 Å². The first-order chi connectivity index (χ1) is 6.74. The summed E-state index contributed by atoms with van der Waals surface area (Å²) in [6, 6.07) is 0. The highest BCUT2D eigenvalue weighted by atomic mass is 19.1. The Hall–Kier alpha value is -1.36. The van der Waals surface area contributed by atoms with Crippen LogP contribution < -0.4 is 9.47 Å². The van der Waals surface area contributed by atoms with Gasteiger partial charge in [-0.1, -0.05) is 0 Å². The molecule has 1 aromatic heterocycles. The van der Waals surface area contributed by atoms with Gasteiger partial charge in [0.2, 0.25) is 0 Å². The van der Waals surface area contributed by atoms with Crippen LogP contribution in [-0.2, 0) is 0 Å². The summed E-state index contributed by atoms with van der Waals surface area (Å²) in [6.45, 7) is -0.892. The van der Waals surface area contributed by atoms with E-state index in [0.717, 1.165) is 0 Å². The van der Waals surface area contributed by atoms with Crippen molar-refractivity contribution in [1.82, 2.24) is 4.98 Å². The van der Waals surface area contributed by atoms with Crippen LogP contribution in [0.1, 0.15) is 11.7 Å². The molecule has 1 atom stereocenters. The Morgan fingerprint density at radius 1 is 1.36 bits per heavy atom. The van der Waals surface area contributed by atoms with E-state index in [-0.39, 0.29) is 5.56 Å². The summed E-state index contributed by atoms with van der Waals surface area (Å²) >= 11 is 0. The van der Waals surface area contributed by atoms with E-state index in [1.165, 1.54) is 26.6 Å². The number of hydrogen-bond donors (Lipinski definition) is 1. The third-order valence-corrected chi connectivity index (χ3v) is 1.83. The van der Waals surface area contributed by atoms with Crippen molar-refractivity contribution in [3.8, 4) is 11.5 Å². The quantitative estimate of drug-likeness (QED) is 0.792. The predicted octanol–water partition coefficient (Wildman–Crippen LogP) is 1.10. The van der Waals surface area contributed by atoms with Gasteiger partial charge in [-0.15, -0.1) is 0 Å². The van der Waals surface area contributed by atoms with Crippen LogP contribution in [0.15, 0.2) is 12.4 Å². The molecular weight excluding hydrogens is 189 g/mol. The number of hydrogen-bond acceptors (Lipinski definition) is 4. The van der Waals surface area contributed by atoms with Crippen molar-refractivity contribution in [1.29, 1.82) is 0 Å². The fourth-order valence-corrected chi connectivity index (χ4v) is 1.16. The van der Waals surface area contributed by atoms with E-state index < -0.39 is 12.8 Å². The summed E-state index contributed by atoms with van der Waals surface area (Å²) in [6.07, 6.45) is 1.55. The third-order valence-electron chi connectivity index (χ3n) is 1.83. The van der Waals surface area contributed by atoms with Crippen LogP contribution in [0.2, 0.25) is 0 Å². The Labute approximate surface area is 81.3 Å². The van der Waals surface area contributed by atoms with Gasteiger partial charge in [0, 0.05) is 0 Å². The number of aromatic nitrogens is 1. The van der Waals surface area contributed by atoms with E-state index in [1.807, 2.05) is 0 Å². The third kappa shape index (κ3) is 1.93. The second-order valence-electron chi connectivity index (χ2n) is 2.63. The van der Waals surface area contributed by atoms with Crippen LogP contribution >= 0.6 is 0 Å². The summed E-state index contributed by atoms with van der Waals surface area (Å²) in [4.78, 5) is 3.82. The number of nitrogens with zero attached hydrogens (tertiary/aromatic N) is 1. The van der Waals surface area contributed by atoms with Crippen molar-refractivity contribution in [2.75, 3.05) is 20.9 Å². The molecule has 1 heterocycles. The maximum Gasteiger partial charge on any atom is 0.146 e. The van der Waals surface area contributed by atoms with Crippen LogP contribution in [0.5, 0.6) is 11.5 Å². The minimum Gasteiger partial charge on any atom is -0.495 e. The smallest absolute Gasteiger partial charge is 0.146 e. The molecular formula is C9H12FNO3. The molecule has 0 aliphatic rings. The largest absolute Gasteiger partial charge is 0.495 e. The van der Waals surface area contributed by atoms with E-state index in [0.29, 0.717) is 11.5 Å². The lowest BCUT2D eigenvalue weighted by atomic mass is 10.1. The highest BCUT2D eigenvalue weighted by molar-refractivity contribution is 5.43. The molecule has 0 saturated carbocycles. The van der Waals surface area contributed by atoms with E-state index in [9.17, 15) is 9.50 Å². The van der Waals surface area contributed by atoms with Gasteiger partial charge < -0.3 is 14.6 Å². The summed E-state index contributed by atoms with van der Waals surface area (Å²) < 4.78 is 22.2. The zero-order chi connectivity index (χ0) is 10.6. The second-order valence-corrected chi connectivity index (χ2v) is 2.63. The fraction of sp³-hybridized carbons (Fsp3) is 0.444. The molecule has 78 valence electrons. The van der Waals surface area contributed by atoms with Crippen molar-refractivity contribution in [2.24, 2.45) is 0 Å². The average molecular weight is 201 g/mol. The van der Waals surface area contributed by atoms with Crippen molar-refractivity contribution in [3.63, 3.8) is 0 Å². The van der Waals surface area contributed by atoms with Crippen molar-refractivity contribution in [2.45, 2.75) is 6.10 Å². The zero-order valence-corrected chi connectivity index (χ0v) is 8.03. The number of ether oxygens (including phenoxy) is 2. The fourth-order valence-electron chi connectivity index (χ4n) is 1.16. The Morgan fingerprint density at radius 3 is 2.21 bits per heavy atom. The van der Waals surface area contributed by atoms with Gasteiger partial charge in [-0.3, -0.25) is 4.98 Å². The Morgan fingerprint density at radius 2 is 1.86 bits per heavy atom. The van der Waals surface area contributed by atoms with Crippen molar-refractivity contribution >= 4 is 0 Å². The zero-order valence-electron chi connectivity index (χ0n) is 8.03. The van der Waals surface area contributed by atoms with Crippen LogP contribution in [-0.4, -0.2) is 31.0 Å². The number of halogens is 1. The Kier molecular flexibility index (Phi) is 3.64. The van der Waals surface area contributed by atoms with Gasteiger partial charge in [0.15, 0.2) is 0 Å². The monoisotopic (exact) mass is 201 g/mol. The molecule has 5 heteroatoms. The van der Waals surface area contributed by atoms with E-state index in [2.05, 4.69) is 4.98 Å². The van der Waals surface area contributed by atoms with Crippen molar-refractivity contribution < 1.29 is 19.0 Å². The summed E-state index contributed by atoms with van der Waals surface area (Å²) in [5.74, 6) is 0.629. The highest BCUT2D eigenvalue weighted by Gasteiger charge is 2.18. The molecule has 0 aliphatic heterocycles. The van der Waals surface area contributed by atoms with Gasteiger partial charge >= 0.3 is 0 Å². The molecule has 0 spiro atoms. The number of aliphatic hydroxyl groups is 1. The maximum atomic E-state index is 12.3. The SMILES string of the molecule is COc1cncc(OC)c1C(O)CF. The standard InChI is InChI=1S/C9H12FNO3/c1-13-7-4-11-5-8(14-2)9(7)6(12)3-10/h4-6,12H,3H2,1-2H3. The number of methoxy groups -OCH3 is 2. The molecule has 0 radical (unpaired) electrons. The molecule has 1 aromatic rings. The van der Waals surface area contributed by atoms with E-state index >= 15 is 0 Å². The Bertz CT molecular complexity index is 284. The van der Waals surface area contributed by atoms with Gasteiger partial charge in [-0.05, 0) is 0 Å². The molecule has 0 amide bonds. The molecule has 0 aromatic carbocycles. The summed E-state index contributed by atoms with van der Waals surface area (Å²) in [5.41, 5.74) is 0.285. The Balaban J connectivity index is 3.18. The minimum absolute atomic E-state index is 0.285. The first-order valence-electron chi connectivity index (χ1n) is 4.04. The lowest BCUT2D eigenvalue weighted by Crippen LogP contribution is -2.05. The number of alkyl halides is 1. The average Bonchev–Trinajstić information content (AvgIpc) is 2.26. The number of rotatable bonds is 4. The lowest BCUT2D eigenvalue weighted by Gasteiger charge is -2.14. The molecule has 4 nitrogen and oxygen atoms in total. The predicted molar refractivity (Wildman–Crippen MR) is 48.3 cm³/mol. The molecule has 0 saturated heterocycles. The van der Waals surface area contributed by atoms with Crippen LogP contribution in [0.4, 0.5) is 4.39 Å². The minimum atomic E-state index is -1.25. The van der Waals surface area contributed by atoms with Gasteiger partial charge in [0.1, 0.15) is 24.3 Å². The second kappa shape index (κ2) is 4.76. The lowest BCUT2D eigenvalue weighted by molar-refractivity contribution is 0.134. The van der Waals surface area contributed by atoms with E-state index in [1.54, 1.807) is 0 Å². The van der Waals surface area contributed by atoms with Crippen molar-refractivity contribution in [3.05, 3.63) is 18.0 Å². The van der Waals surface area contributed by atoms with Crippen LogP contribution in [0.3, 0.4) is 0 Å². The van der Waals surface area contributed by atoms with Gasteiger partial charge in [0.25, 0.3) is 0 Å². The molecule has 14 heavy (non-hydrogen) atoms. The van der Waals surface area contributed by atoms with Gasteiger partial charge in [-0.2, -0.15) is 0 Å². The van der Waals surface area contributed by atoms with E-state index in [4.69, 9.17) is 9.47 Å². The molecule has 0 fully saturated rings. The molecule has 1 N–H and O–H groups in total. The van der Waals surface area contributed by atoms with Gasteiger partial charge in [0.05, 0.1) is 32.2 Å². The number of aliphatic hydroxyl groups excluding tert-OH is 1.